The second-order valence-corrected chi connectivity index (χ2v) is 5.36. The van der Waals surface area contributed by atoms with Gasteiger partial charge in [-0.15, -0.1) is 0 Å². The van der Waals surface area contributed by atoms with Crippen molar-refractivity contribution in [1.29, 1.82) is 0 Å². The highest BCUT2D eigenvalue weighted by Crippen LogP contribution is 2.25. The van der Waals surface area contributed by atoms with Crippen LogP contribution in [-0.4, -0.2) is 38.2 Å². The van der Waals surface area contributed by atoms with E-state index in [9.17, 15) is 14.4 Å². The molecule has 1 fully saturated rings. The number of hydrogen-bond donors (Lipinski definition) is 1. The molecule has 1 aliphatic heterocycles. The lowest BCUT2D eigenvalue weighted by atomic mass is 9.94. The summed E-state index contributed by atoms with van der Waals surface area (Å²) in [6.07, 6.45) is 1.24. The fourth-order valence-corrected chi connectivity index (χ4v) is 2.05. The van der Waals surface area contributed by atoms with E-state index in [0.717, 1.165) is 0 Å². The number of allylic oxidation sites excluding steroid dienone is 1. The van der Waals surface area contributed by atoms with Crippen LogP contribution in [0.5, 0.6) is 0 Å². The first kappa shape index (κ1) is 18.2. The number of nitrogens with one attached hydrogen (secondary N) is 1. The first-order valence-corrected chi connectivity index (χ1v) is 7.26. The predicted molar refractivity (Wildman–Crippen MR) is 77.3 cm³/mol. The molecule has 0 atom stereocenters. The number of esters is 2. The number of carbonyl (C=O) groups is 3. The molecule has 7 heteroatoms. The summed E-state index contributed by atoms with van der Waals surface area (Å²) in [6, 6.07) is 0. The molecule has 0 saturated carbocycles. The van der Waals surface area contributed by atoms with Crippen LogP contribution in [0.25, 0.3) is 0 Å². The molecule has 0 unspecified atom stereocenters. The molecule has 124 valence electrons. The summed E-state index contributed by atoms with van der Waals surface area (Å²) in [5.41, 5.74) is 0.295. The number of amides is 1. The van der Waals surface area contributed by atoms with E-state index in [1.807, 2.05) is 0 Å². The topological polar surface area (TPSA) is 90.9 Å². The standard InChI is InChI=1S/C15H23NO6/c1-9(2)14(18)16-12(11-5-7-21-8-6-11)13(15(19)20-4)22-10(3)17/h9,11H,5-8H2,1-4H3,(H,16,18). The minimum absolute atomic E-state index is 0.134. The zero-order chi connectivity index (χ0) is 16.7. The molecule has 0 bridgehead atoms. The van der Waals surface area contributed by atoms with Gasteiger partial charge in [0.15, 0.2) is 0 Å². The smallest absolute Gasteiger partial charge is 0.375 e. The Morgan fingerprint density at radius 1 is 1.18 bits per heavy atom. The Kier molecular flexibility index (Phi) is 7.04. The summed E-state index contributed by atoms with van der Waals surface area (Å²) in [4.78, 5) is 35.3. The number of methoxy groups -OCH3 is 1. The van der Waals surface area contributed by atoms with Crippen LogP contribution in [-0.2, 0) is 28.6 Å². The summed E-state index contributed by atoms with van der Waals surface area (Å²) in [5, 5.41) is 2.71. The van der Waals surface area contributed by atoms with Gasteiger partial charge in [0, 0.05) is 32.0 Å². The molecule has 0 radical (unpaired) electrons. The Labute approximate surface area is 130 Å². The zero-order valence-electron chi connectivity index (χ0n) is 13.4. The van der Waals surface area contributed by atoms with Crippen molar-refractivity contribution in [1.82, 2.24) is 5.32 Å². The van der Waals surface area contributed by atoms with Crippen LogP contribution < -0.4 is 5.32 Å². The van der Waals surface area contributed by atoms with E-state index in [-0.39, 0.29) is 23.5 Å². The molecule has 1 rings (SSSR count). The Bertz CT molecular complexity index is 463. The second-order valence-electron chi connectivity index (χ2n) is 5.36. The summed E-state index contributed by atoms with van der Waals surface area (Å²) in [5.74, 6) is -2.36. The average Bonchev–Trinajstić information content (AvgIpc) is 2.50. The van der Waals surface area contributed by atoms with E-state index in [1.54, 1.807) is 13.8 Å². The lowest BCUT2D eigenvalue weighted by molar-refractivity contribution is -0.149. The number of hydrogen-bond acceptors (Lipinski definition) is 6. The van der Waals surface area contributed by atoms with Gasteiger partial charge in [-0.1, -0.05) is 13.8 Å². The van der Waals surface area contributed by atoms with E-state index in [0.29, 0.717) is 31.8 Å². The molecular weight excluding hydrogens is 290 g/mol. The normalized spacial score (nSPS) is 16.8. The van der Waals surface area contributed by atoms with Crippen LogP contribution >= 0.6 is 0 Å². The molecule has 0 aliphatic carbocycles. The Morgan fingerprint density at radius 3 is 2.23 bits per heavy atom. The van der Waals surface area contributed by atoms with Crippen molar-refractivity contribution in [2.75, 3.05) is 20.3 Å². The highest BCUT2D eigenvalue weighted by atomic mass is 16.6. The van der Waals surface area contributed by atoms with Crippen molar-refractivity contribution < 1.29 is 28.6 Å². The number of ether oxygens (including phenoxy) is 3. The van der Waals surface area contributed by atoms with Crippen LogP contribution in [0, 0.1) is 11.8 Å². The molecule has 1 N–H and O–H groups in total. The van der Waals surface area contributed by atoms with E-state index in [2.05, 4.69) is 10.1 Å². The minimum atomic E-state index is -0.791. The van der Waals surface area contributed by atoms with Crippen molar-refractivity contribution >= 4 is 17.8 Å². The number of rotatable bonds is 5. The maximum atomic E-state index is 12.0. The van der Waals surface area contributed by atoms with Gasteiger partial charge in [0.2, 0.25) is 11.7 Å². The van der Waals surface area contributed by atoms with Crippen LogP contribution in [0.15, 0.2) is 11.5 Å². The number of carbonyl (C=O) groups excluding carboxylic acids is 3. The fourth-order valence-electron chi connectivity index (χ4n) is 2.05. The monoisotopic (exact) mass is 313 g/mol. The van der Waals surface area contributed by atoms with Crippen LogP contribution in [0.1, 0.15) is 33.6 Å². The summed E-state index contributed by atoms with van der Waals surface area (Å²) >= 11 is 0. The molecule has 7 nitrogen and oxygen atoms in total. The fraction of sp³-hybridized carbons (Fsp3) is 0.667. The highest BCUT2D eigenvalue weighted by molar-refractivity contribution is 5.91. The highest BCUT2D eigenvalue weighted by Gasteiger charge is 2.29. The van der Waals surface area contributed by atoms with Crippen molar-refractivity contribution in [2.24, 2.45) is 11.8 Å². The van der Waals surface area contributed by atoms with Gasteiger partial charge >= 0.3 is 11.9 Å². The molecule has 0 aromatic rings. The van der Waals surface area contributed by atoms with Crippen LogP contribution in [0.2, 0.25) is 0 Å². The molecule has 22 heavy (non-hydrogen) atoms. The average molecular weight is 313 g/mol. The van der Waals surface area contributed by atoms with Gasteiger partial charge in [-0.2, -0.15) is 0 Å². The predicted octanol–water partition coefficient (Wildman–Crippen LogP) is 1.13. The lowest BCUT2D eigenvalue weighted by Gasteiger charge is -2.26. The van der Waals surface area contributed by atoms with E-state index in [1.165, 1.54) is 14.0 Å². The van der Waals surface area contributed by atoms with Gasteiger partial charge < -0.3 is 19.5 Å². The Balaban J connectivity index is 3.20. The van der Waals surface area contributed by atoms with Gasteiger partial charge in [0.25, 0.3) is 0 Å². The third-order valence-corrected chi connectivity index (χ3v) is 3.27. The summed E-state index contributed by atoms with van der Waals surface area (Å²) in [6.45, 7) is 5.69. The molecule has 1 saturated heterocycles. The van der Waals surface area contributed by atoms with E-state index < -0.39 is 11.9 Å². The van der Waals surface area contributed by atoms with Crippen molar-refractivity contribution in [2.45, 2.75) is 33.6 Å². The molecule has 1 aliphatic rings. The first-order chi connectivity index (χ1) is 10.4. The van der Waals surface area contributed by atoms with Gasteiger partial charge in [-0.25, -0.2) is 4.79 Å². The summed E-state index contributed by atoms with van der Waals surface area (Å²) < 4.78 is 15.0. The second kappa shape index (κ2) is 8.53. The third-order valence-electron chi connectivity index (χ3n) is 3.27. The van der Waals surface area contributed by atoms with Crippen LogP contribution in [0.3, 0.4) is 0 Å². The molecule has 1 heterocycles. The SMILES string of the molecule is COC(=O)C(OC(C)=O)=C(NC(=O)C(C)C)C1CCOCC1. The molecule has 0 aromatic carbocycles. The Morgan fingerprint density at radius 2 is 1.77 bits per heavy atom. The molecule has 1 amide bonds. The lowest BCUT2D eigenvalue weighted by Crippen LogP contribution is -2.35. The van der Waals surface area contributed by atoms with Crippen molar-refractivity contribution in [3.8, 4) is 0 Å². The Hall–Kier alpha value is -1.89. The largest absolute Gasteiger partial charge is 0.463 e. The van der Waals surface area contributed by atoms with E-state index >= 15 is 0 Å². The summed E-state index contributed by atoms with van der Waals surface area (Å²) in [7, 11) is 1.19. The third kappa shape index (κ3) is 5.14. The van der Waals surface area contributed by atoms with Gasteiger partial charge in [-0.3, -0.25) is 9.59 Å². The molecule has 0 aromatic heterocycles. The van der Waals surface area contributed by atoms with Crippen molar-refractivity contribution in [3.63, 3.8) is 0 Å². The van der Waals surface area contributed by atoms with E-state index in [4.69, 9.17) is 9.47 Å². The van der Waals surface area contributed by atoms with Crippen molar-refractivity contribution in [3.05, 3.63) is 11.5 Å². The van der Waals surface area contributed by atoms with Gasteiger partial charge in [0.05, 0.1) is 12.8 Å². The molecule has 0 spiro atoms. The first-order valence-electron chi connectivity index (χ1n) is 7.26. The molecular formula is C15H23NO6. The maximum absolute atomic E-state index is 12.0. The maximum Gasteiger partial charge on any atom is 0.375 e. The quantitative estimate of drug-likeness (QED) is 0.465. The zero-order valence-corrected chi connectivity index (χ0v) is 13.4. The minimum Gasteiger partial charge on any atom is -0.463 e. The van der Waals surface area contributed by atoms with Crippen LogP contribution in [0.4, 0.5) is 0 Å². The van der Waals surface area contributed by atoms with Gasteiger partial charge in [0.1, 0.15) is 0 Å². The van der Waals surface area contributed by atoms with Gasteiger partial charge in [-0.05, 0) is 12.8 Å².